The van der Waals surface area contributed by atoms with Gasteiger partial charge in [0.25, 0.3) is 0 Å². The highest BCUT2D eigenvalue weighted by Gasteiger charge is 2.13. The topological polar surface area (TPSA) is 43.5 Å². The molecule has 0 heterocycles. The smallest absolute Gasteiger partial charge is 0.0101 e. The first-order chi connectivity index (χ1) is 14.9. The van der Waals surface area contributed by atoms with Crippen molar-refractivity contribution in [1.82, 2.24) is 5.32 Å². The second-order valence-corrected chi connectivity index (χ2v) is 8.80. The fourth-order valence-electron chi connectivity index (χ4n) is 4.36. The highest BCUT2D eigenvalue weighted by molar-refractivity contribution is 5.32. The van der Waals surface area contributed by atoms with Crippen molar-refractivity contribution in [2.24, 2.45) is 0 Å². The average molecular weight is 426 g/mol. The summed E-state index contributed by atoms with van der Waals surface area (Å²) in [6, 6.07) is 21.9. The fraction of sp³-hybridized carbons (Fsp3) is 0.586. The maximum atomic E-state index is 3.69. The summed E-state index contributed by atoms with van der Waals surface area (Å²) in [5.41, 5.74) is 2.85. The number of hydrogen-bond acceptors (Lipinski definition) is 1. The number of hydrogen-bond donors (Lipinski definition) is 1. The maximum absolute atomic E-state index is 3.69. The molecule has 2 nitrogen and oxygen atoms in total. The monoisotopic (exact) mass is 425 g/mol. The van der Waals surface area contributed by atoms with Gasteiger partial charge in [-0.15, -0.1) is 0 Å². The van der Waals surface area contributed by atoms with Gasteiger partial charge in [-0.1, -0.05) is 138 Å². The van der Waals surface area contributed by atoms with Crippen LogP contribution in [-0.2, 0) is 0 Å². The second kappa shape index (κ2) is 19.1. The normalized spacial score (nSPS) is 10.9. The van der Waals surface area contributed by atoms with Crippen LogP contribution in [0.25, 0.3) is 0 Å². The van der Waals surface area contributed by atoms with E-state index in [-0.39, 0.29) is 5.48 Å². The largest absolute Gasteiger partial charge is 0.412 e. The molecule has 2 rings (SSSR count). The Hall–Kier alpha value is -1.64. The summed E-state index contributed by atoms with van der Waals surface area (Å²) in [4.78, 5) is 0. The van der Waals surface area contributed by atoms with Crippen molar-refractivity contribution in [2.45, 2.75) is 96.3 Å². The summed E-state index contributed by atoms with van der Waals surface area (Å²) in [5.74, 6) is 0.488. The van der Waals surface area contributed by atoms with Gasteiger partial charge in [-0.2, -0.15) is 0 Å². The molecule has 174 valence electrons. The first-order valence-electron chi connectivity index (χ1n) is 12.7. The summed E-state index contributed by atoms with van der Waals surface area (Å²) in [5, 5.41) is 3.69. The molecule has 31 heavy (non-hydrogen) atoms. The van der Waals surface area contributed by atoms with E-state index in [0.717, 1.165) is 19.5 Å². The molecule has 0 saturated heterocycles. The van der Waals surface area contributed by atoms with E-state index in [9.17, 15) is 0 Å². The van der Waals surface area contributed by atoms with Gasteiger partial charge in [0.2, 0.25) is 0 Å². The Morgan fingerprint density at radius 2 is 0.968 bits per heavy atom. The van der Waals surface area contributed by atoms with Crippen LogP contribution < -0.4 is 5.32 Å². The maximum Gasteiger partial charge on any atom is 0.0101 e. The highest BCUT2D eigenvalue weighted by atomic mass is 16.0. The summed E-state index contributed by atoms with van der Waals surface area (Å²) in [6.45, 7) is 4.54. The molecule has 2 heteroatoms. The van der Waals surface area contributed by atoms with Gasteiger partial charge in [0.15, 0.2) is 0 Å². The van der Waals surface area contributed by atoms with Crippen molar-refractivity contribution in [3.05, 3.63) is 71.8 Å². The van der Waals surface area contributed by atoms with Gasteiger partial charge >= 0.3 is 0 Å². The molecule has 3 N–H and O–H groups in total. The summed E-state index contributed by atoms with van der Waals surface area (Å²) in [6.07, 6.45) is 18.2. The van der Waals surface area contributed by atoms with Crippen LogP contribution >= 0.6 is 0 Å². The third-order valence-electron chi connectivity index (χ3n) is 6.22. The Kier molecular flexibility index (Phi) is 16.9. The van der Waals surface area contributed by atoms with Crippen LogP contribution in [0.4, 0.5) is 0 Å². The molecular weight excluding hydrogens is 378 g/mol. The molecule has 2 aromatic rings. The molecule has 0 fully saturated rings. The van der Waals surface area contributed by atoms with Crippen LogP contribution in [0, 0.1) is 0 Å². The third-order valence-corrected chi connectivity index (χ3v) is 6.22. The van der Waals surface area contributed by atoms with Crippen molar-refractivity contribution in [2.75, 3.05) is 13.1 Å². The average Bonchev–Trinajstić information content (AvgIpc) is 2.80. The molecule has 0 saturated carbocycles. The number of rotatable bonds is 18. The Morgan fingerprint density at radius 1 is 0.548 bits per heavy atom. The Balaban J connectivity index is 0.00000480. The summed E-state index contributed by atoms with van der Waals surface area (Å²) in [7, 11) is 0. The lowest BCUT2D eigenvalue weighted by Gasteiger charge is -2.18. The lowest BCUT2D eigenvalue weighted by molar-refractivity contribution is 0.530. The Morgan fingerprint density at radius 3 is 1.42 bits per heavy atom. The second-order valence-electron chi connectivity index (χ2n) is 8.80. The molecule has 0 spiro atoms. The molecule has 0 radical (unpaired) electrons. The molecule has 0 unspecified atom stereocenters. The van der Waals surface area contributed by atoms with E-state index >= 15 is 0 Å². The van der Waals surface area contributed by atoms with Crippen LogP contribution in [0.2, 0.25) is 0 Å². The van der Waals surface area contributed by atoms with Crippen LogP contribution in [0.15, 0.2) is 60.7 Å². The first kappa shape index (κ1) is 27.4. The quantitative estimate of drug-likeness (QED) is 0.245. The van der Waals surface area contributed by atoms with Gasteiger partial charge in [-0.25, -0.2) is 0 Å². The third kappa shape index (κ3) is 12.7. The summed E-state index contributed by atoms with van der Waals surface area (Å²) >= 11 is 0. The molecular formula is C29H47NO. The molecule has 0 aliphatic carbocycles. The van der Waals surface area contributed by atoms with Crippen LogP contribution in [0.5, 0.6) is 0 Å². The number of unbranched alkanes of at least 4 members (excludes halogenated alkanes) is 11. The molecule has 0 aromatic heterocycles. The van der Waals surface area contributed by atoms with Gasteiger partial charge in [0.1, 0.15) is 0 Å². The van der Waals surface area contributed by atoms with E-state index in [2.05, 4.69) is 72.9 Å². The molecule has 0 aliphatic heterocycles. The first-order valence-corrected chi connectivity index (χ1v) is 12.7. The van der Waals surface area contributed by atoms with Crippen LogP contribution in [0.3, 0.4) is 0 Å². The zero-order chi connectivity index (χ0) is 21.1. The molecule has 2 aromatic carbocycles. The zero-order valence-electron chi connectivity index (χ0n) is 20.0. The number of nitrogens with one attached hydrogen (secondary N) is 1. The minimum atomic E-state index is 0. The van der Waals surface area contributed by atoms with E-state index in [0.29, 0.717) is 5.92 Å². The van der Waals surface area contributed by atoms with Crippen molar-refractivity contribution < 1.29 is 5.48 Å². The molecule has 0 amide bonds. The predicted molar refractivity (Wildman–Crippen MR) is 137 cm³/mol. The van der Waals surface area contributed by atoms with Gasteiger partial charge in [0, 0.05) is 5.92 Å². The van der Waals surface area contributed by atoms with Gasteiger partial charge in [0.05, 0.1) is 0 Å². The minimum absolute atomic E-state index is 0. The minimum Gasteiger partial charge on any atom is -0.412 e. The fourth-order valence-corrected chi connectivity index (χ4v) is 4.36. The van der Waals surface area contributed by atoms with Crippen LogP contribution in [0.1, 0.15) is 107 Å². The molecule has 0 aliphatic rings. The Labute approximate surface area is 192 Å². The zero-order valence-corrected chi connectivity index (χ0v) is 20.0. The van der Waals surface area contributed by atoms with E-state index in [1.54, 1.807) is 0 Å². The van der Waals surface area contributed by atoms with Crippen molar-refractivity contribution in [3.8, 4) is 0 Å². The molecule has 0 bridgehead atoms. The number of benzene rings is 2. The standard InChI is InChI=1S/C29H45N.H2O/c1-2-3-4-5-6-7-8-9-10-11-12-19-25-30-26-24-29(27-20-15-13-16-21-27)28-22-17-14-18-23-28;/h13-18,20-23,29-30H,2-12,19,24-26H2,1H3;1H2. The van der Waals surface area contributed by atoms with Gasteiger partial charge < -0.3 is 10.8 Å². The summed E-state index contributed by atoms with van der Waals surface area (Å²) < 4.78 is 0. The van der Waals surface area contributed by atoms with E-state index in [4.69, 9.17) is 0 Å². The van der Waals surface area contributed by atoms with E-state index in [1.807, 2.05) is 0 Å². The highest BCUT2D eigenvalue weighted by Crippen LogP contribution is 2.27. The van der Waals surface area contributed by atoms with Crippen molar-refractivity contribution in [1.29, 1.82) is 0 Å². The molecule has 0 atom stereocenters. The van der Waals surface area contributed by atoms with Crippen molar-refractivity contribution in [3.63, 3.8) is 0 Å². The predicted octanol–water partition coefficient (Wildman–Crippen LogP) is 7.67. The van der Waals surface area contributed by atoms with Gasteiger partial charge in [-0.05, 0) is 37.1 Å². The Bertz CT molecular complexity index is 574. The van der Waals surface area contributed by atoms with Crippen molar-refractivity contribution >= 4 is 0 Å². The lowest BCUT2D eigenvalue weighted by Crippen LogP contribution is -2.19. The SMILES string of the molecule is CCCCCCCCCCCCCCNCCC(c1ccccc1)c1ccccc1.O. The van der Waals surface area contributed by atoms with E-state index in [1.165, 1.54) is 88.2 Å². The van der Waals surface area contributed by atoms with Gasteiger partial charge in [-0.3, -0.25) is 0 Å². The van der Waals surface area contributed by atoms with E-state index < -0.39 is 0 Å². The van der Waals surface area contributed by atoms with Crippen LogP contribution in [-0.4, -0.2) is 18.6 Å². The lowest BCUT2D eigenvalue weighted by atomic mass is 9.88.